The maximum Gasteiger partial charge on any atom is 0.0203 e. The Bertz CT molecular complexity index is 81.4. The predicted octanol–water partition coefficient (Wildman–Crippen LogP) is 0.477. The van der Waals surface area contributed by atoms with Crippen molar-refractivity contribution >= 4 is 0 Å². The summed E-state index contributed by atoms with van der Waals surface area (Å²) >= 11 is 0. The molecule has 1 heterocycles. The zero-order valence-corrected chi connectivity index (χ0v) is 6.11. The zero-order valence-electron chi connectivity index (χ0n) is 6.11. The molecule has 0 saturated carbocycles. The van der Waals surface area contributed by atoms with E-state index in [0.717, 1.165) is 13.0 Å². The van der Waals surface area contributed by atoms with Gasteiger partial charge in [-0.15, -0.1) is 0 Å². The molecule has 1 saturated heterocycles. The Morgan fingerprint density at radius 1 is 1.67 bits per heavy atom. The van der Waals surface area contributed by atoms with E-state index >= 15 is 0 Å². The minimum absolute atomic E-state index is 0.439. The van der Waals surface area contributed by atoms with Gasteiger partial charge in [0.05, 0.1) is 0 Å². The van der Waals surface area contributed by atoms with Crippen LogP contribution in [-0.2, 0) is 0 Å². The summed E-state index contributed by atoms with van der Waals surface area (Å²) in [6, 6.07) is 0. The third kappa shape index (κ3) is 1.25. The molecule has 0 aliphatic carbocycles. The maximum atomic E-state index is 5.46. The average Bonchev–Trinajstić information content (AvgIpc) is 1.79. The highest BCUT2D eigenvalue weighted by Crippen LogP contribution is 2.25. The van der Waals surface area contributed by atoms with Crippen LogP contribution in [0.5, 0.6) is 0 Å². The molecule has 1 atom stereocenters. The first kappa shape index (κ1) is 7.03. The number of rotatable bonds is 3. The van der Waals surface area contributed by atoms with Crippen LogP contribution in [0, 0.1) is 0 Å². The van der Waals surface area contributed by atoms with Gasteiger partial charge in [0.2, 0.25) is 0 Å². The van der Waals surface area contributed by atoms with Crippen molar-refractivity contribution in [1.82, 2.24) is 5.32 Å². The van der Waals surface area contributed by atoms with E-state index in [2.05, 4.69) is 12.2 Å². The molecule has 0 spiro atoms. The Kier molecular flexibility index (Phi) is 2.09. The van der Waals surface area contributed by atoms with Gasteiger partial charge in [-0.05, 0) is 32.4 Å². The standard InChI is InChI=1S/C7H16N2/c1-2-7(3-5-8)4-6-9-7/h9H,2-6,8H2,1H3. The first-order valence-corrected chi connectivity index (χ1v) is 3.78. The van der Waals surface area contributed by atoms with Crippen LogP contribution < -0.4 is 11.1 Å². The highest BCUT2D eigenvalue weighted by Gasteiger charge is 2.32. The van der Waals surface area contributed by atoms with Crippen LogP contribution in [0.2, 0.25) is 0 Å². The number of hydrogen-bond donors (Lipinski definition) is 2. The Hall–Kier alpha value is -0.0800. The van der Waals surface area contributed by atoms with Crippen LogP contribution in [0.1, 0.15) is 26.2 Å². The summed E-state index contributed by atoms with van der Waals surface area (Å²) in [4.78, 5) is 0. The highest BCUT2D eigenvalue weighted by atomic mass is 15.0. The highest BCUT2D eigenvalue weighted by molar-refractivity contribution is 4.95. The summed E-state index contributed by atoms with van der Waals surface area (Å²) in [5, 5.41) is 3.43. The zero-order chi connectivity index (χ0) is 6.74. The molecular formula is C7H16N2. The van der Waals surface area contributed by atoms with E-state index in [1.165, 1.54) is 19.4 Å². The van der Waals surface area contributed by atoms with E-state index in [9.17, 15) is 0 Å². The lowest BCUT2D eigenvalue weighted by Gasteiger charge is -2.42. The first-order valence-electron chi connectivity index (χ1n) is 3.78. The lowest BCUT2D eigenvalue weighted by atomic mass is 9.82. The summed E-state index contributed by atoms with van der Waals surface area (Å²) in [5.41, 5.74) is 5.90. The molecule has 3 N–H and O–H groups in total. The van der Waals surface area contributed by atoms with Gasteiger partial charge in [0.1, 0.15) is 0 Å². The van der Waals surface area contributed by atoms with Crippen LogP contribution in [-0.4, -0.2) is 18.6 Å². The van der Waals surface area contributed by atoms with Gasteiger partial charge in [-0.2, -0.15) is 0 Å². The summed E-state index contributed by atoms with van der Waals surface area (Å²) in [6.45, 7) is 4.23. The molecule has 1 fully saturated rings. The summed E-state index contributed by atoms with van der Waals surface area (Å²) < 4.78 is 0. The van der Waals surface area contributed by atoms with Crippen molar-refractivity contribution in [3.63, 3.8) is 0 Å². The molecule has 2 nitrogen and oxygen atoms in total. The fourth-order valence-electron chi connectivity index (χ4n) is 1.45. The van der Waals surface area contributed by atoms with Gasteiger partial charge in [-0.25, -0.2) is 0 Å². The predicted molar refractivity (Wildman–Crippen MR) is 39.3 cm³/mol. The second-order valence-corrected chi connectivity index (χ2v) is 2.85. The van der Waals surface area contributed by atoms with E-state index in [1.807, 2.05) is 0 Å². The lowest BCUT2D eigenvalue weighted by molar-refractivity contribution is 0.187. The number of hydrogen-bond acceptors (Lipinski definition) is 2. The minimum Gasteiger partial charge on any atom is -0.330 e. The van der Waals surface area contributed by atoms with Crippen molar-refractivity contribution in [3.05, 3.63) is 0 Å². The Labute approximate surface area is 56.8 Å². The van der Waals surface area contributed by atoms with Crippen molar-refractivity contribution in [2.45, 2.75) is 31.7 Å². The average molecular weight is 128 g/mol. The molecule has 1 aliphatic heterocycles. The molecule has 2 heteroatoms. The molecule has 0 bridgehead atoms. The second kappa shape index (κ2) is 2.67. The molecule has 1 unspecified atom stereocenters. The molecule has 1 rings (SSSR count). The summed E-state index contributed by atoms with van der Waals surface area (Å²) in [7, 11) is 0. The smallest absolute Gasteiger partial charge is 0.0203 e. The molecule has 0 radical (unpaired) electrons. The quantitative estimate of drug-likeness (QED) is 0.580. The third-order valence-electron chi connectivity index (χ3n) is 2.40. The van der Waals surface area contributed by atoms with Gasteiger partial charge in [0, 0.05) is 5.54 Å². The Morgan fingerprint density at radius 3 is 2.44 bits per heavy atom. The summed E-state index contributed by atoms with van der Waals surface area (Å²) in [5.74, 6) is 0. The van der Waals surface area contributed by atoms with Crippen LogP contribution >= 0.6 is 0 Å². The topological polar surface area (TPSA) is 38.0 Å². The van der Waals surface area contributed by atoms with Crippen LogP contribution in [0.3, 0.4) is 0 Å². The third-order valence-corrected chi connectivity index (χ3v) is 2.40. The molecule has 9 heavy (non-hydrogen) atoms. The number of nitrogens with two attached hydrogens (primary N) is 1. The van der Waals surface area contributed by atoms with E-state index in [0.29, 0.717) is 5.54 Å². The molecule has 0 aromatic rings. The van der Waals surface area contributed by atoms with Crippen LogP contribution in [0.15, 0.2) is 0 Å². The van der Waals surface area contributed by atoms with Crippen molar-refractivity contribution in [2.75, 3.05) is 13.1 Å². The van der Waals surface area contributed by atoms with Gasteiger partial charge >= 0.3 is 0 Å². The number of nitrogens with one attached hydrogen (secondary N) is 1. The van der Waals surface area contributed by atoms with Crippen LogP contribution in [0.4, 0.5) is 0 Å². The molecule has 0 amide bonds. The fourth-order valence-corrected chi connectivity index (χ4v) is 1.45. The normalized spacial score (nSPS) is 34.0. The van der Waals surface area contributed by atoms with Gasteiger partial charge in [0.25, 0.3) is 0 Å². The SMILES string of the molecule is CCC1(CCN)CCN1. The van der Waals surface area contributed by atoms with E-state index in [1.54, 1.807) is 0 Å². The Balaban J connectivity index is 2.28. The maximum absolute atomic E-state index is 5.46. The van der Waals surface area contributed by atoms with Crippen molar-refractivity contribution in [1.29, 1.82) is 0 Å². The Morgan fingerprint density at radius 2 is 2.33 bits per heavy atom. The van der Waals surface area contributed by atoms with E-state index in [4.69, 9.17) is 5.73 Å². The molecule has 54 valence electrons. The van der Waals surface area contributed by atoms with Gasteiger partial charge in [-0.1, -0.05) is 6.92 Å². The van der Waals surface area contributed by atoms with Crippen molar-refractivity contribution in [2.24, 2.45) is 5.73 Å². The van der Waals surface area contributed by atoms with Gasteiger partial charge in [0.15, 0.2) is 0 Å². The van der Waals surface area contributed by atoms with E-state index < -0.39 is 0 Å². The largest absolute Gasteiger partial charge is 0.330 e. The van der Waals surface area contributed by atoms with Crippen molar-refractivity contribution in [3.8, 4) is 0 Å². The lowest BCUT2D eigenvalue weighted by Crippen LogP contribution is -2.57. The van der Waals surface area contributed by atoms with Crippen LogP contribution in [0.25, 0.3) is 0 Å². The fraction of sp³-hybridized carbons (Fsp3) is 1.00. The first-order chi connectivity index (χ1) is 4.33. The second-order valence-electron chi connectivity index (χ2n) is 2.85. The summed E-state index contributed by atoms with van der Waals surface area (Å²) in [6.07, 6.45) is 3.69. The van der Waals surface area contributed by atoms with Crippen molar-refractivity contribution < 1.29 is 0 Å². The van der Waals surface area contributed by atoms with Gasteiger partial charge < -0.3 is 11.1 Å². The van der Waals surface area contributed by atoms with Gasteiger partial charge in [-0.3, -0.25) is 0 Å². The van der Waals surface area contributed by atoms with E-state index in [-0.39, 0.29) is 0 Å². The molecule has 0 aromatic carbocycles. The monoisotopic (exact) mass is 128 g/mol. The molecule has 0 aromatic heterocycles. The molecular weight excluding hydrogens is 112 g/mol. The molecule has 1 aliphatic rings. The minimum atomic E-state index is 0.439.